The largest absolute Gasteiger partial charge is 0.355 e. The third kappa shape index (κ3) is 4.56. The van der Waals surface area contributed by atoms with Crippen molar-refractivity contribution in [3.05, 3.63) is 81.4 Å². The Morgan fingerprint density at radius 3 is 2.25 bits per heavy atom. The SMILES string of the molecule is Cc1cc(C)c(NC(=O)C2CCN(c3ccc(=O)n(-c4ccc(F)cc4)n3)CC2)c(C)c1. The van der Waals surface area contributed by atoms with Crippen LogP contribution in [-0.4, -0.2) is 28.8 Å². The van der Waals surface area contributed by atoms with Crippen LogP contribution in [0.5, 0.6) is 0 Å². The third-order valence-electron chi connectivity index (χ3n) is 5.97. The molecule has 1 aliphatic heterocycles. The number of hydrogen-bond donors (Lipinski definition) is 1. The highest BCUT2D eigenvalue weighted by Gasteiger charge is 2.26. The van der Waals surface area contributed by atoms with Crippen LogP contribution >= 0.6 is 0 Å². The van der Waals surface area contributed by atoms with E-state index in [4.69, 9.17) is 0 Å². The summed E-state index contributed by atoms with van der Waals surface area (Å²) in [6.07, 6.45) is 1.40. The van der Waals surface area contributed by atoms with Gasteiger partial charge >= 0.3 is 0 Å². The molecule has 4 rings (SSSR count). The summed E-state index contributed by atoms with van der Waals surface area (Å²) in [5, 5.41) is 7.60. The topological polar surface area (TPSA) is 67.2 Å². The quantitative estimate of drug-likeness (QED) is 0.670. The summed E-state index contributed by atoms with van der Waals surface area (Å²) in [7, 11) is 0. The first-order chi connectivity index (χ1) is 15.3. The Hall–Kier alpha value is -3.48. The van der Waals surface area contributed by atoms with Gasteiger partial charge in [-0.15, -0.1) is 5.10 Å². The zero-order valence-corrected chi connectivity index (χ0v) is 18.6. The number of carbonyl (C=O) groups excluding carboxylic acids is 1. The Morgan fingerprint density at radius 1 is 1.00 bits per heavy atom. The van der Waals surface area contributed by atoms with E-state index in [-0.39, 0.29) is 23.2 Å². The van der Waals surface area contributed by atoms with Crippen molar-refractivity contribution in [2.75, 3.05) is 23.3 Å². The molecule has 166 valence electrons. The molecule has 6 nitrogen and oxygen atoms in total. The lowest BCUT2D eigenvalue weighted by atomic mass is 9.95. The maximum absolute atomic E-state index is 13.2. The molecule has 1 amide bonds. The molecular formula is C25H27FN4O2. The van der Waals surface area contributed by atoms with Crippen molar-refractivity contribution in [2.45, 2.75) is 33.6 Å². The van der Waals surface area contributed by atoms with Crippen molar-refractivity contribution < 1.29 is 9.18 Å². The first-order valence-electron chi connectivity index (χ1n) is 10.8. The summed E-state index contributed by atoms with van der Waals surface area (Å²) in [6, 6.07) is 13.0. The molecular weight excluding hydrogens is 407 g/mol. The average Bonchev–Trinajstić information content (AvgIpc) is 2.77. The smallest absolute Gasteiger partial charge is 0.271 e. The highest BCUT2D eigenvalue weighted by Crippen LogP contribution is 2.26. The number of amides is 1. The van der Waals surface area contributed by atoms with Gasteiger partial charge in [-0.2, -0.15) is 4.68 Å². The Balaban J connectivity index is 1.44. The second-order valence-electron chi connectivity index (χ2n) is 8.44. The Labute approximate surface area is 186 Å². The number of aromatic nitrogens is 2. The number of piperidine rings is 1. The molecule has 1 aliphatic rings. The van der Waals surface area contributed by atoms with Crippen LogP contribution in [0.15, 0.2) is 53.3 Å². The molecule has 0 radical (unpaired) electrons. The van der Waals surface area contributed by atoms with Gasteiger partial charge in [0.1, 0.15) is 11.6 Å². The van der Waals surface area contributed by atoms with Crippen molar-refractivity contribution in [3.63, 3.8) is 0 Å². The molecule has 0 bridgehead atoms. The molecule has 1 fully saturated rings. The van der Waals surface area contributed by atoms with Crippen LogP contribution in [0.1, 0.15) is 29.5 Å². The van der Waals surface area contributed by atoms with Gasteiger partial charge in [0.25, 0.3) is 5.56 Å². The highest BCUT2D eigenvalue weighted by molar-refractivity contribution is 5.94. The average molecular weight is 435 g/mol. The minimum atomic E-state index is -0.366. The molecule has 1 saturated heterocycles. The number of aryl methyl sites for hydroxylation is 3. The molecule has 1 N–H and O–H groups in total. The fraction of sp³-hybridized carbons (Fsp3) is 0.320. The van der Waals surface area contributed by atoms with E-state index in [0.29, 0.717) is 37.4 Å². The Kier molecular flexibility index (Phi) is 6.08. The predicted octanol–water partition coefficient (Wildman–Crippen LogP) is 4.15. The first kappa shape index (κ1) is 21.7. The molecule has 32 heavy (non-hydrogen) atoms. The molecule has 0 unspecified atom stereocenters. The van der Waals surface area contributed by atoms with E-state index in [0.717, 1.165) is 16.8 Å². The maximum atomic E-state index is 13.2. The summed E-state index contributed by atoms with van der Waals surface area (Å²) in [6.45, 7) is 7.41. The first-order valence-corrected chi connectivity index (χ1v) is 10.8. The normalized spacial score (nSPS) is 14.4. The summed E-state index contributed by atoms with van der Waals surface area (Å²) in [4.78, 5) is 27.2. The summed E-state index contributed by atoms with van der Waals surface area (Å²) in [5.41, 5.74) is 4.45. The van der Waals surface area contributed by atoms with Crippen LogP contribution in [0.25, 0.3) is 5.69 Å². The van der Waals surface area contributed by atoms with E-state index in [1.54, 1.807) is 6.07 Å². The van der Waals surface area contributed by atoms with Crippen LogP contribution in [0.3, 0.4) is 0 Å². The molecule has 1 aromatic heterocycles. The monoisotopic (exact) mass is 434 g/mol. The van der Waals surface area contributed by atoms with Gasteiger partial charge in [-0.1, -0.05) is 17.7 Å². The number of benzene rings is 2. The molecule has 2 heterocycles. The van der Waals surface area contributed by atoms with Gasteiger partial charge in [-0.05, 0) is 75.1 Å². The number of rotatable bonds is 4. The van der Waals surface area contributed by atoms with Crippen LogP contribution in [0.2, 0.25) is 0 Å². The minimum absolute atomic E-state index is 0.0453. The van der Waals surface area contributed by atoms with Crippen LogP contribution in [0.4, 0.5) is 15.9 Å². The van der Waals surface area contributed by atoms with Crippen molar-refractivity contribution in [3.8, 4) is 5.69 Å². The second-order valence-corrected chi connectivity index (χ2v) is 8.44. The van der Waals surface area contributed by atoms with E-state index in [2.05, 4.69) is 34.4 Å². The van der Waals surface area contributed by atoms with E-state index in [1.807, 2.05) is 13.8 Å². The summed E-state index contributed by atoms with van der Waals surface area (Å²) in [5.74, 6) is 0.269. The number of halogens is 1. The van der Waals surface area contributed by atoms with Crippen LogP contribution < -0.4 is 15.8 Å². The van der Waals surface area contributed by atoms with E-state index in [1.165, 1.54) is 40.6 Å². The maximum Gasteiger partial charge on any atom is 0.271 e. The molecule has 0 spiro atoms. The van der Waals surface area contributed by atoms with E-state index >= 15 is 0 Å². The lowest BCUT2D eigenvalue weighted by Crippen LogP contribution is -2.39. The van der Waals surface area contributed by atoms with Crippen molar-refractivity contribution in [1.29, 1.82) is 0 Å². The van der Waals surface area contributed by atoms with Gasteiger partial charge < -0.3 is 10.2 Å². The molecule has 0 saturated carbocycles. The molecule has 2 aromatic carbocycles. The van der Waals surface area contributed by atoms with Crippen molar-refractivity contribution in [2.24, 2.45) is 5.92 Å². The van der Waals surface area contributed by atoms with E-state index in [9.17, 15) is 14.0 Å². The second kappa shape index (κ2) is 8.94. The van der Waals surface area contributed by atoms with Gasteiger partial charge in [-0.25, -0.2) is 4.39 Å². The molecule has 0 aliphatic carbocycles. The Morgan fingerprint density at radius 2 is 1.62 bits per heavy atom. The van der Waals surface area contributed by atoms with Gasteiger partial charge in [0.05, 0.1) is 5.69 Å². The zero-order valence-electron chi connectivity index (χ0n) is 18.6. The van der Waals surface area contributed by atoms with Crippen LogP contribution in [-0.2, 0) is 4.79 Å². The third-order valence-corrected chi connectivity index (χ3v) is 5.97. The lowest BCUT2D eigenvalue weighted by Gasteiger charge is -2.32. The summed E-state index contributed by atoms with van der Waals surface area (Å²) >= 11 is 0. The van der Waals surface area contributed by atoms with Crippen molar-refractivity contribution >= 4 is 17.4 Å². The molecule has 3 aromatic rings. The van der Waals surface area contributed by atoms with E-state index < -0.39 is 0 Å². The zero-order chi connectivity index (χ0) is 22.8. The number of anilines is 2. The van der Waals surface area contributed by atoms with Gasteiger partial charge in [-0.3, -0.25) is 9.59 Å². The van der Waals surface area contributed by atoms with Gasteiger partial charge in [0.15, 0.2) is 0 Å². The van der Waals surface area contributed by atoms with Crippen LogP contribution in [0, 0.1) is 32.5 Å². The standard InChI is InChI=1S/C25H27FN4O2/c1-16-14-17(2)24(18(3)15-16)27-25(32)19-10-12-29(13-11-19)22-8-9-23(31)30(28-22)21-6-4-20(26)5-7-21/h4-9,14-15,19H,10-13H2,1-3H3,(H,27,32). The summed E-state index contributed by atoms with van der Waals surface area (Å²) < 4.78 is 14.5. The molecule has 0 atom stereocenters. The lowest BCUT2D eigenvalue weighted by molar-refractivity contribution is -0.120. The number of hydrogen-bond acceptors (Lipinski definition) is 4. The molecule has 7 heteroatoms. The fourth-order valence-corrected chi connectivity index (χ4v) is 4.31. The number of nitrogens with one attached hydrogen (secondary N) is 1. The number of nitrogens with zero attached hydrogens (tertiary/aromatic N) is 3. The number of carbonyl (C=O) groups is 1. The highest BCUT2D eigenvalue weighted by atomic mass is 19.1. The van der Waals surface area contributed by atoms with Gasteiger partial charge in [0, 0.05) is 30.8 Å². The van der Waals surface area contributed by atoms with Crippen molar-refractivity contribution in [1.82, 2.24) is 9.78 Å². The minimum Gasteiger partial charge on any atom is -0.355 e. The predicted molar refractivity (Wildman–Crippen MR) is 124 cm³/mol. The van der Waals surface area contributed by atoms with Gasteiger partial charge in [0.2, 0.25) is 5.91 Å². The fourth-order valence-electron chi connectivity index (χ4n) is 4.31. The Bertz CT molecular complexity index is 1170.